The topological polar surface area (TPSA) is 29.1 Å². The van der Waals surface area contributed by atoms with Crippen molar-refractivity contribution < 1.29 is 4.79 Å². The molecule has 0 aliphatic heterocycles. The molecule has 0 aromatic heterocycles. The average Bonchev–Trinajstić information content (AvgIpc) is 2.53. The van der Waals surface area contributed by atoms with Gasteiger partial charge < -0.3 is 5.32 Å². The first-order valence-electron chi connectivity index (χ1n) is 7.17. The van der Waals surface area contributed by atoms with Crippen molar-refractivity contribution in [3.05, 3.63) is 66.2 Å². The van der Waals surface area contributed by atoms with Crippen molar-refractivity contribution in [2.45, 2.75) is 30.6 Å². The molecule has 0 heterocycles. The lowest BCUT2D eigenvalue weighted by Crippen LogP contribution is -2.46. The number of para-hydroxylation sites is 1. The summed E-state index contributed by atoms with van der Waals surface area (Å²) in [4.78, 5) is 12.7. The van der Waals surface area contributed by atoms with E-state index < -0.39 is 5.54 Å². The number of nitrogens with one attached hydrogen (secondary N) is 1. The summed E-state index contributed by atoms with van der Waals surface area (Å²) in [5, 5.41) is 3.46. The summed E-state index contributed by atoms with van der Waals surface area (Å²) in [7, 11) is 0. The molecule has 0 saturated heterocycles. The van der Waals surface area contributed by atoms with Crippen molar-refractivity contribution in [2.75, 3.05) is 5.32 Å². The Balaban J connectivity index is 2.50. The minimum Gasteiger partial charge on any atom is -0.369 e. The van der Waals surface area contributed by atoms with E-state index in [2.05, 4.69) is 21.2 Å². The van der Waals surface area contributed by atoms with E-state index in [1.807, 2.05) is 74.5 Å². The summed E-state index contributed by atoms with van der Waals surface area (Å²) in [5.41, 5.74) is 1.23. The van der Waals surface area contributed by atoms with Gasteiger partial charge in [-0.15, -0.1) is 0 Å². The highest BCUT2D eigenvalue weighted by Gasteiger charge is 2.40. The summed E-state index contributed by atoms with van der Waals surface area (Å²) < 4.78 is 0. The maximum Gasteiger partial charge on any atom is 0.175 e. The Labute approximate surface area is 134 Å². The van der Waals surface area contributed by atoms with E-state index in [9.17, 15) is 4.79 Å². The molecule has 2 unspecified atom stereocenters. The number of ketones is 1. The first-order valence-corrected chi connectivity index (χ1v) is 8.09. The summed E-state index contributed by atoms with van der Waals surface area (Å²) in [6, 6.07) is 19.8. The monoisotopic (exact) mass is 345 g/mol. The van der Waals surface area contributed by atoms with Crippen molar-refractivity contribution in [3.8, 4) is 0 Å². The number of alkyl halides is 1. The smallest absolute Gasteiger partial charge is 0.175 e. The fourth-order valence-electron chi connectivity index (χ4n) is 2.57. The largest absolute Gasteiger partial charge is 0.369 e. The molecule has 2 atom stereocenters. The number of hydrogen-bond acceptors (Lipinski definition) is 2. The first kappa shape index (κ1) is 15.8. The van der Waals surface area contributed by atoms with E-state index in [0.717, 1.165) is 11.3 Å². The predicted molar refractivity (Wildman–Crippen MR) is 91.9 cm³/mol. The number of carbonyl (C=O) groups excluding carboxylic acids is 1. The van der Waals surface area contributed by atoms with Crippen LogP contribution in [0, 0.1) is 0 Å². The van der Waals surface area contributed by atoms with E-state index in [1.165, 1.54) is 0 Å². The molecular formula is C18H20BrNO. The molecule has 0 spiro atoms. The summed E-state index contributed by atoms with van der Waals surface area (Å²) in [6.45, 7) is 3.92. The van der Waals surface area contributed by atoms with Crippen LogP contribution in [0.15, 0.2) is 60.7 Å². The quantitative estimate of drug-likeness (QED) is 0.765. The van der Waals surface area contributed by atoms with Gasteiger partial charge in [0.2, 0.25) is 0 Å². The molecule has 0 fully saturated rings. The van der Waals surface area contributed by atoms with Crippen LogP contribution >= 0.6 is 15.9 Å². The van der Waals surface area contributed by atoms with E-state index in [0.29, 0.717) is 6.42 Å². The Morgan fingerprint density at radius 1 is 1.10 bits per heavy atom. The third-order valence-corrected chi connectivity index (χ3v) is 4.13. The molecule has 2 nitrogen and oxygen atoms in total. The van der Waals surface area contributed by atoms with Crippen LogP contribution in [0.25, 0.3) is 0 Å². The SMILES string of the molecule is CCC(Nc1ccccc1)(C(=O)C(C)Br)c1ccccc1. The second kappa shape index (κ2) is 6.90. The van der Waals surface area contributed by atoms with Gasteiger partial charge in [0.15, 0.2) is 5.78 Å². The molecule has 21 heavy (non-hydrogen) atoms. The zero-order valence-electron chi connectivity index (χ0n) is 12.3. The van der Waals surface area contributed by atoms with Gasteiger partial charge in [-0.05, 0) is 31.0 Å². The highest BCUT2D eigenvalue weighted by Crippen LogP contribution is 2.33. The molecule has 0 aliphatic rings. The number of rotatable bonds is 6. The standard InChI is InChI=1S/C18H20BrNO/c1-3-18(17(21)14(2)19,15-10-6-4-7-11-15)20-16-12-8-5-9-13-16/h4-14,20H,3H2,1-2H3. The van der Waals surface area contributed by atoms with E-state index in [-0.39, 0.29) is 10.6 Å². The molecular weight excluding hydrogens is 326 g/mol. The molecule has 3 heteroatoms. The van der Waals surface area contributed by atoms with Crippen LogP contribution in [0.4, 0.5) is 5.69 Å². The molecule has 1 N–H and O–H groups in total. The Hall–Kier alpha value is -1.61. The third-order valence-electron chi connectivity index (χ3n) is 3.71. The number of hydrogen-bond donors (Lipinski definition) is 1. The van der Waals surface area contributed by atoms with Crippen LogP contribution < -0.4 is 5.32 Å². The lowest BCUT2D eigenvalue weighted by atomic mass is 9.81. The number of carbonyl (C=O) groups is 1. The van der Waals surface area contributed by atoms with Gasteiger partial charge in [0, 0.05) is 5.69 Å². The molecule has 0 bridgehead atoms. The summed E-state index contributed by atoms with van der Waals surface area (Å²) >= 11 is 3.44. The number of halogens is 1. The Bertz CT molecular complexity index is 583. The van der Waals surface area contributed by atoms with Crippen molar-refractivity contribution in [1.29, 1.82) is 0 Å². The molecule has 2 aromatic carbocycles. The minimum atomic E-state index is -0.717. The highest BCUT2D eigenvalue weighted by molar-refractivity contribution is 9.10. The van der Waals surface area contributed by atoms with Gasteiger partial charge >= 0.3 is 0 Å². The zero-order chi connectivity index (χ0) is 15.3. The second-order valence-electron chi connectivity index (χ2n) is 5.10. The van der Waals surface area contributed by atoms with Crippen molar-refractivity contribution in [2.24, 2.45) is 0 Å². The minimum absolute atomic E-state index is 0.139. The van der Waals surface area contributed by atoms with Crippen LogP contribution in [0.2, 0.25) is 0 Å². The van der Waals surface area contributed by atoms with E-state index in [4.69, 9.17) is 0 Å². The Morgan fingerprint density at radius 3 is 2.10 bits per heavy atom. The van der Waals surface area contributed by atoms with Crippen molar-refractivity contribution in [3.63, 3.8) is 0 Å². The summed E-state index contributed by atoms with van der Waals surface area (Å²) in [5.74, 6) is 0.139. The van der Waals surface area contributed by atoms with E-state index >= 15 is 0 Å². The van der Waals surface area contributed by atoms with Gasteiger partial charge in [0.05, 0.1) is 4.83 Å². The van der Waals surface area contributed by atoms with Gasteiger partial charge in [-0.2, -0.15) is 0 Å². The summed E-state index contributed by atoms with van der Waals surface area (Å²) in [6.07, 6.45) is 0.681. The van der Waals surface area contributed by atoms with Crippen LogP contribution in [0.1, 0.15) is 25.8 Å². The number of anilines is 1. The number of Topliss-reactive ketones (excluding diaryl/α,β-unsaturated/α-hetero) is 1. The van der Waals surface area contributed by atoms with Crippen LogP contribution in [0.3, 0.4) is 0 Å². The highest BCUT2D eigenvalue weighted by atomic mass is 79.9. The van der Waals surface area contributed by atoms with Gasteiger partial charge in [-0.25, -0.2) is 0 Å². The zero-order valence-corrected chi connectivity index (χ0v) is 13.9. The lowest BCUT2D eigenvalue weighted by molar-refractivity contribution is -0.122. The predicted octanol–water partition coefficient (Wildman–Crippen LogP) is 4.76. The van der Waals surface area contributed by atoms with E-state index in [1.54, 1.807) is 0 Å². The fraction of sp³-hybridized carbons (Fsp3) is 0.278. The second-order valence-corrected chi connectivity index (χ2v) is 6.47. The molecule has 0 radical (unpaired) electrons. The Morgan fingerprint density at radius 2 is 1.62 bits per heavy atom. The van der Waals surface area contributed by atoms with Crippen LogP contribution in [-0.2, 0) is 10.3 Å². The maximum atomic E-state index is 12.9. The maximum absolute atomic E-state index is 12.9. The van der Waals surface area contributed by atoms with Crippen molar-refractivity contribution in [1.82, 2.24) is 0 Å². The number of benzene rings is 2. The fourth-order valence-corrected chi connectivity index (χ4v) is 2.96. The molecule has 0 aliphatic carbocycles. The molecule has 110 valence electrons. The van der Waals surface area contributed by atoms with Gasteiger partial charge in [-0.1, -0.05) is 71.4 Å². The average molecular weight is 346 g/mol. The van der Waals surface area contributed by atoms with Crippen LogP contribution in [0.5, 0.6) is 0 Å². The van der Waals surface area contributed by atoms with Gasteiger partial charge in [-0.3, -0.25) is 4.79 Å². The Kier molecular flexibility index (Phi) is 5.18. The van der Waals surface area contributed by atoms with Gasteiger partial charge in [0.1, 0.15) is 5.54 Å². The lowest BCUT2D eigenvalue weighted by Gasteiger charge is -2.35. The molecule has 0 amide bonds. The normalized spacial score (nSPS) is 15.0. The molecule has 2 aromatic rings. The van der Waals surface area contributed by atoms with Gasteiger partial charge in [0.25, 0.3) is 0 Å². The van der Waals surface area contributed by atoms with Crippen LogP contribution in [-0.4, -0.2) is 10.6 Å². The van der Waals surface area contributed by atoms with Crippen molar-refractivity contribution >= 4 is 27.4 Å². The third kappa shape index (κ3) is 3.35. The first-order chi connectivity index (χ1) is 10.1. The molecule has 2 rings (SSSR count). The molecule has 0 saturated carbocycles.